The average Bonchev–Trinajstić information content (AvgIpc) is 2.38. The molecule has 0 aliphatic heterocycles. The molecular formula is C14H20F2N2O2. The van der Waals surface area contributed by atoms with Crippen LogP contribution in [0.1, 0.15) is 19.4 Å². The molecule has 20 heavy (non-hydrogen) atoms. The summed E-state index contributed by atoms with van der Waals surface area (Å²) in [5, 5.41) is 2.18. The number of hydrogen-bond acceptors (Lipinski definition) is 3. The lowest BCUT2D eigenvalue weighted by Crippen LogP contribution is -2.42. The molecule has 0 saturated carbocycles. The predicted octanol–water partition coefficient (Wildman–Crippen LogP) is 1.73. The first kappa shape index (κ1) is 16.4. The molecule has 4 nitrogen and oxygen atoms in total. The maximum Gasteiger partial charge on any atom is 0.277 e. The van der Waals surface area contributed by atoms with Gasteiger partial charge in [-0.25, -0.2) is 8.78 Å². The van der Waals surface area contributed by atoms with Crippen molar-refractivity contribution in [3.63, 3.8) is 0 Å². The molecule has 1 rings (SSSR count). The van der Waals surface area contributed by atoms with Gasteiger partial charge in [0.05, 0.1) is 25.6 Å². The Balaban J connectivity index is 2.62. The van der Waals surface area contributed by atoms with Crippen molar-refractivity contribution in [1.82, 2.24) is 5.32 Å². The highest BCUT2D eigenvalue weighted by atomic mass is 19.3. The molecule has 1 aromatic rings. The van der Waals surface area contributed by atoms with Crippen LogP contribution in [0.25, 0.3) is 0 Å². The number of carbonyl (C=O) groups excluding carboxylic acids is 1. The number of rotatable bonds is 7. The van der Waals surface area contributed by atoms with E-state index in [-0.39, 0.29) is 12.5 Å². The molecule has 0 spiro atoms. The Morgan fingerprint density at radius 2 is 2.05 bits per heavy atom. The van der Waals surface area contributed by atoms with Crippen LogP contribution in [0.4, 0.5) is 8.78 Å². The summed E-state index contributed by atoms with van der Waals surface area (Å²) >= 11 is 0. The fraction of sp³-hybridized carbons (Fsp3) is 0.500. The van der Waals surface area contributed by atoms with Crippen LogP contribution in [-0.2, 0) is 11.2 Å². The van der Waals surface area contributed by atoms with Crippen LogP contribution in [0, 0.1) is 0 Å². The molecule has 0 aliphatic rings. The Labute approximate surface area is 117 Å². The lowest BCUT2D eigenvalue weighted by Gasteiger charge is -2.16. The van der Waals surface area contributed by atoms with Crippen molar-refractivity contribution < 1.29 is 18.3 Å². The summed E-state index contributed by atoms with van der Waals surface area (Å²) < 4.78 is 31.4. The third kappa shape index (κ3) is 5.52. The van der Waals surface area contributed by atoms with Gasteiger partial charge in [0, 0.05) is 5.56 Å². The quantitative estimate of drug-likeness (QED) is 0.802. The van der Waals surface area contributed by atoms with Crippen LogP contribution in [0.15, 0.2) is 24.3 Å². The van der Waals surface area contributed by atoms with E-state index < -0.39 is 24.9 Å². The van der Waals surface area contributed by atoms with Gasteiger partial charge in [-0.05, 0) is 19.9 Å². The number of nitrogens with one attached hydrogen (secondary N) is 1. The zero-order valence-electron chi connectivity index (χ0n) is 11.7. The Hall–Kier alpha value is -1.69. The minimum absolute atomic E-state index is 0.0104. The summed E-state index contributed by atoms with van der Waals surface area (Å²) in [5.74, 6) is -2.98. The van der Waals surface area contributed by atoms with Crippen molar-refractivity contribution in [2.24, 2.45) is 5.73 Å². The number of benzene rings is 1. The molecule has 0 bridgehead atoms. The van der Waals surface area contributed by atoms with Crippen LogP contribution >= 0.6 is 0 Å². The zero-order chi connectivity index (χ0) is 15.2. The second-order valence-corrected chi connectivity index (χ2v) is 4.79. The van der Waals surface area contributed by atoms with E-state index in [2.05, 4.69) is 5.32 Å². The molecule has 0 unspecified atom stereocenters. The van der Waals surface area contributed by atoms with Gasteiger partial charge in [0.1, 0.15) is 5.75 Å². The van der Waals surface area contributed by atoms with Gasteiger partial charge in [0.15, 0.2) is 0 Å². The molecule has 3 N–H and O–H groups in total. The summed E-state index contributed by atoms with van der Waals surface area (Å²) in [5.41, 5.74) is 5.56. The number of nitrogens with two attached hydrogens (primary N) is 1. The van der Waals surface area contributed by atoms with E-state index in [0.717, 1.165) is 0 Å². The fourth-order valence-electron chi connectivity index (χ4n) is 1.55. The molecule has 0 fully saturated rings. The highest BCUT2D eigenvalue weighted by Crippen LogP contribution is 2.20. The SMILES string of the molecule is CC(C)Oc1ccccc1CC(=O)NCC(F)(F)CN. The Morgan fingerprint density at radius 1 is 1.40 bits per heavy atom. The van der Waals surface area contributed by atoms with E-state index in [0.29, 0.717) is 11.3 Å². The molecule has 1 aromatic carbocycles. The van der Waals surface area contributed by atoms with E-state index in [1.807, 2.05) is 13.8 Å². The molecule has 6 heteroatoms. The van der Waals surface area contributed by atoms with Crippen LogP contribution in [0.3, 0.4) is 0 Å². The first-order chi connectivity index (χ1) is 9.34. The van der Waals surface area contributed by atoms with Gasteiger partial charge in [-0.15, -0.1) is 0 Å². The first-order valence-electron chi connectivity index (χ1n) is 6.43. The largest absolute Gasteiger partial charge is 0.491 e. The van der Waals surface area contributed by atoms with Gasteiger partial charge in [-0.2, -0.15) is 0 Å². The maximum atomic E-state index is 12.9. The van der Waals surface area contributed by atoms with Crippen molar-refractivity contribution in [3.05, 3.63) is 29.8 Å². The minimum atomic E-state index is -3.08. The highest BCUT2D eigenvalue weighted by Gasteiger charge is 2.27. The molecule has 0 radical (unpaired) electrons. The molecule has 0 aromatic heterocycles. The minimum Gasteiger partial charge on any atom is -0.491 e. The van der Waals surface area contributed by atoms with E-state index in [1.165, 1.54) is 0 Å². The number of para-hydroxylation sites is 1. The van der Waals surface area contributed by atoms with Gasteiger partial charge >= 0.3 is 0 Å². The lowest BCUT2D eigenvalue weighted by atomic mass is 10.1. The number of hydrogen-bond donors (Lipinski definition) is 2. The Bertz CT molecular complexity index is 451. The van der Waals surface area contributed by atoms with Crippen molar-refractivity contribution >= 4 is 5.91 Å². The third-order valence-electron chi connectivity index (χ3n) is 2.53. The monoisotopic (exact) mass is 286 g/mol. The molecule has 0 heterocycles. The van der Waals surface area contributed by atoms with E-state index in [1.54, 1.807) is 24.3 Å². The van der Waals surface area contributed by atoms with Crippen LogP contribution < -0.4 is 15.8 Å². The second kappa shape index (κ2) is 7.19. The topological polar surface area (TPSA) is 64.3 Å². The van der Waals surface area contributed by atoms with Crippen molar-refractivity contribution in [1.29, 1.82) is 0 Å². The number of halogens is 2. The fourth-order valence-corrected chi connectivity index (χ4v) is 1.55. The smallest absolute Gasteiger partial charge is 0.277 e. The van der Waals surface area contributed by atoms with E-state index >= 15 is 0 Å². The molecule has 0 saturated heterocycles. The summed E-state index contributed by atoms with van der Waals surface area (Å²) in [6, 6.07) is 7.04. The lowest BCUT2D eigenvalue weighted by molar-refractivity contribution is -0.122. The summed E-state index contributed by atoms with van der Waals surface area (Å²) in [7, 11) is 0. The van der Waals surface area contributed by atoms with Crippen molar-refractivity contribution in [3.8, 4) is 5.75 Å². The molecule has 1 amide bonds. The highest BCUT2D eigenvalue weighted by molar-refractivity contribution is 5.79. The normalized spacial score (nSPS) is 11.5. The van der Waals surface area contributed by atoms with E-state index in [4.69, 9.17) is 10.5 Å². The van der Waals surface area contributed by atoms with E-state index in [9.17, 15) is 13.6 Å². The number of ether oxygens (including phenoxy) is 1. The molecule has 0 atom stereocenters. The average molecular weight is 286 g/mol. The third-order valence-corrected chi connectivity index (χ3v) is 2.53. The summed E-state index contributed by atoms with van der Waals surface area (Å²) in [6.45, 7) is 2.20. The van der Waals surface area contributed by atoms with Crippen molar-refractivity contribution in [2.75, 3.05) is 13.1 Å². The Kier molecular flexibility index (Phi) is 5.88. The number of carbonyl (C=O) groups is 1. The van der Waals surface area contributed by atoms with Gasteiger partial charge in [0.2, 0.25) is 5.91 Å². The standard InChI is InChI=1S/C14H20F2N2O2/c1-10(2)20-12-6-4-3-5-11(12)7-13(19)18-9-14(15,16)8-17/h3-6,10H,7-9,17H2,1-2H3,(H,18,19). The van der Waals surface area contributed by atoms with Crippen LogP contribution in [0.5, 0.6) is 5.75 Å². The number of amides is 1. The van der Waals surface area contributed by atoms with Crippen LogP contribution in [-0.4, -0.2) is 31.0 Å². The first-order valence-corrected chi connectivity index (χ1v) is 6.43. The van der Waals surface area contributed by atoms with Crippen LogP contribution in [0.2, 0.25) is 0 Å². The van der Waals surface area contributed by atoms with Gasteiger partial charge in [0.25, 0.3) is 5.92 Å². The van der Waals surface area contributed by atoms with Gasteiger partial charge < -0.3 is 15.8 Å². The van der Waals surface area contributed by atoms with Gasteiger partial charge in [-0.3, -0.25) is 4.79 Å². The summed E-state index contributed by atoms with van der Waals surface area (Å²) in [4.78, 5) is 11.7. The molecular weight excluding hydrogens is 266 g/mol. The van der Waals surface area contributed by atoms with Gasteiger partial charge in [-0.1, -0.05) is 18.2 Å². The number of alkyl halides is 2. The molecule has 112 valence electrons. The van der Waals surface area contributed by atoms with Crippen molar-refractivity contribution in [2.45, 2.75) is 32.3 Å². The zero-order valence-corrected chi connectivity index (χ0v) is 11.7. The maximum absolute atomic E-state index is 12.9. The Morgan fingerprint density at radius 3 is 2.65 bits per heavy atom. The second-order valence-electron chi connectivity index (χ2n) is 4.79. The summed E-state index contributed by atoms with van der Waals surface area (Å²) in [6.07, 6.45) is -0.0374. The predicted molar refractivity (Wildman–Crippen MR) is 72.9 cm³/mol. The molecule has 0 aliphatic carbocycles.